The molecule has 1 aliphatic heterocycles. The molecule has 7 nitrogen and oxygen atoms in total. The number of urea groups is 1. The standard InChI is InChI=1S/C18H24N4O3/c1-4-5-14-17(24)22(18(25)20-14)9-13(23)8-21-10-19-15-6-11(2)12(3)7-16(15)21/h6-7,10,13-14,23H,4-5,8-9H2,1-3H3,(H,20,25)/t13-,14-/m1/s1. The Morgan fingerprint density at radius 3 is 2.68 bits per heavy atom. The van der Waals surface area contributed by atoms with Crippen molar-refractivity contribution < 1.29 is 14.7 Å². The van der Waals surface area contributed by atoms with Crippen molar-refractivity contribution in [1.82, 2.24) is 19.8 Å². The van der Waals surface area contributed by atoms with E-state index < -0.39 is 18.2 Å². The Morgan fingerprint density at radius 1 is 1.24 bits per heavy atom. The van der Waals surface area contributed by atoms with E-state index in [0.29, 0.717) is 6.42 Å². The van der Waals surface area contributed by atoms with Crippen LogP contribution in [0.1, 0.15) is 30.9 Å². The molecular weight excluding hydrogens is 320 g/mol. The van der Waals surface area contributed by atoms with Gasteiger partial charge in [-0.3, -0.25) is 9.69 Å². The second kappa shape index (κ2) is 6.84. The van der Waals surface area contributed by atoms with Crippen LogP contribution < -0.4 is 5.32 Å². The lowest BCUT2D eigenvalue weighted by atomic mass is 10.1. The molecule has 1 aromatic carbocycles. The summed E-state index contributed by atoms with van der Waals surface area (Å²) in [4.78, 5) is 29.7. The number of hydrogen-bond donors (Lipinski definition) is 2. The van der Waals surface area contributed by atoms with Crippen LogP contribution in [0.5, 0.6) is 0 Å². The van der Waals surface area contributed by atoms with Crippen molar-refractivity contribution >= 4 is 23.0 Å². The number of aliphatic hydroxyl groups is 1. The molecular formula is C18H24N4O3. The van der Waals surface area contributed by atoms with Crippen LogP contribution in [0.25, 0.3) is 11.0 Å². The van der Waals surface area contributed by atoms with Crippen molar-refractivity contribution in [3.05, 3.63) is 29.6 Å². The van der Waals surface area contributed by atoms with Gasteiger partial charge in [-0.25, -0.2) is 9.78 Å². The maximum Gasteiger partial charge on any atom is 0.324 e. The van der Waals surface area contributed by atoms with Crippen LogP contribution >= 0.6 is 0 Å². The first-order valence-electron chi connectivity index (χ1n) is 8.62. The molecule has 2 aromatic rings. The third-order valence-corrected chi connectivity index (χ3v) is 4.72. The molecule has 0 unspecified atom stereocenters. The Hall–Kier alpha value is -2.41. The summed E-state index contributed by atoms with van der Waals surface area (Å²) in [6.07, 6.45) is 2.25. The average Bonchev–Trinajstić information content (AvgIpc) is 3.04. The number of amides is 3. The molecule has 1 aliphatic rings. The summed E-state index contributed by atoms with van der Waals surface area (Å²) in [5.74, 6) is -0.257. The molecule has 0 radical (unpaired) electrons. The molecule has 0 aliphatic carbocycles. The molecule has 2 N–H and O–H groups in total. The summed E-state index contributed by atoms with van der Waals surface area (Å²) in [6, 6.07) is 3.16. The van der Waals surface area contributed by atoms with Gasteiger partial charge in [-0.05, 0) is 43.5 Å². The fourth-order valence-corrected chi connectivity index (χ4v) is 3.19. The number of benzene rings is 1. The summed E-state index contributed by atoms with van der Waals surface area (Å²) in [5.41, 5.74) is 4.12. The highest BCUT2D eigenvalue weighted by Gasteiger charge is 2.38. The number of nitrogens with one attached hydrogen (secondary N) is 1. The number of aromatic nitrogens is 2. The maximum atomic E-state index is 12.3. The third kappa shape index (κ3) is 3.37. The summed E-state index contributed by atoms with van der Waals surface area (Å²) in [7, 11) is 0. The lowest BCUT2D eigenvalue weighted by Crippen LogP contribution is -2.39. The van der Waals surface area contributed by atoms with Crippen LogP contribution in [0, 0.1) is 13.8 Å². The van der Waals surface area contributed by atoms with E-state index in [2.05, 4.69) is 10.3 Å². The molecule has 0 saturated carbocycles. The molecule has 7 heteroatoms. The minimum Gasteiger partial charge on any atom is -0.389 e. The number of β-amino-alcohol motifs (C(OH)–C–C–N with tert-alkyl or cyclic N) is 1. The number of nitrogens with zero attached hydrogens (tertiary/aromatic N) is 3. The van der Waals surface area contributed by atoms with Gasteiger partial charge in [0.2, 0.25) is 0 Å². The van der Waals surface area contributed by atoms with Gasteiger partial charge in [-0.2, -0.15) is 0 Å². The maximum absolute atomic E-state index is 12.3. The third-order valence-electron chi connectivity index (χ3n) is 4.72. The van der Waals surface area contributed by atoms with Crippen molar-refractivity contribution in [3.63, 3.8) is 0 Å². The first-order valence-corrected chi connectivity index (χ1v) is 8.62. The number of rotatable bonds is 6. The van der Waals surface area contributed by atoms with Gasteiger partial charge in [0.15, 0.2) is 0 Å². The van der Waals surface area contributed by atoms with Crippen LogP contribution in [0.4, 0.5) is 4.79 Å². The zero-order valence-corrected chi connectivity index (χ0v) is 14.8. The van der Waals surface area contributed by atoms with E-state index >= 15 is 0 Å². The highest BCUT2D eigenvalue weighted by molar-refractivity contribution is 6.04. The first-order chi connectivity index (χ1) is 11.9. The van der Waals surface area contributed by atoms with Gasteiger partial charge in [0.25, 0.3) is 5.91 Å². The van der Waals surface area contributed by atoms with Crippen molar-refractivity contribution in [2.75, 3.05) is 6.54 Å². The van der Waals surface area contributed by atoms with Crippen molar-refractivity contribution in [3.8, 4) is 0 Å². The number of aliphatic hydroxyl groups excluding tert-OH is 1. The van der Waals surface area contributed by atoms with E-state index in [1.165, 1.54) is 5.56 Å². The van der Waals surface area contributed by atoms with Crippen molar-refractivity contribution in [2.24, 2.45) is 0 Å². The Morgan fingerprint density at radius 2 is 1.96 bits per heavy atom. The van der Waals surface area contributed by atoms with E-state index in [-0.39, 0.29) is 19.0 Å². The van der Waals surface area contributed by atoms with Crippen LogP contribution in [-0.2, 0) is 11.3 Å². The Bertz CT molecular complexity index is 814. The predicted molar refractivity (Wildman–Crippen MR) is 94.2 cm³/mol. The summed E-state index contributed by atoms with van der Waals surface area (Å²) < 4.78 is 1.86. The Kier molecular flexibility index (Phi) is 4.76. The van der Waals surface area contributed by atoms with Crippen molar-refractivity contribution in [1.29, 1.82) is 0 Å². The SMILES string of the molecule is CCC[C@H]1NC(=O)N(C[C@H](O)Cn2cnc3cc(C)c(C)cc32)C1=O. The lowest BCUT2D eigenvalue weighted by molar-refractivity contribution is -0.128. The molecule has 1 saturated heterocycles. The van der Waals surface area contributed by atoms with Gasteiger partial charge in [0.05, 0.1) is 36.6 Å². The molecule has 2 heterocycles. The largest absolute Gasteiger partial charge is 0.389 e. The Labute approximate surface area is 146 Å². The fourth-order valence-electron chi connectivity index (χ4n) is 3.19. The number of carbonyl (C=O) groups excluding carboxylic acids is 2. The highest BCUT2D eigenvalue weighted by Crippen LogP contribution is 2.19. The first kappa shape index (κ1) is 17.4. The van der Waals surface area contributed by atoms with E-state index in [1.807, 2.05) is 37.5 Å². The molecule has 25 heavy (non-hydrogen) atoms. The lowest BCUT2D eigenvalue weighted by Gasteiger charge is -2.18. The van der Waals surface area contributed by atoms with Crippen LogP contribution in [0.15, 0.2) is 18.5 Å². The molecule has 3 rings (SSSR count). The van der Waals surface area contributed by atoms with E-state index in [0.717, 1.165) is 27.9 Å². The number of imide groups is 1. The zero-order valence-electron chi connectivity index (χ0n) is 14.8. The van der Waals surface area contributed by atoms with Gasteiger partial charge in [0, 0.05) is 0 Å². The van der Waals surface area contributed by atoms with E-state index in [1.54, 1.807) is 6.33 Å². The number of carbonyl (C=O) groups is 2. The summed E-state index contributed by atoms with van der Waals surface area (Å²) >= 11 is 0. The number of fused-ring (bicyclic) bond motifs is 1. The molecule has 3 amide bonds. The number of hydrogen-bond acceptors (Lipinski definition) is 4. The van der Waals surface area contributed by atoms with Gasteiger partial charge >= 0.3 is 6.03 Å². The van der Waals surface area contributed by atoms with Gasteiger partial charge in [-0.1, -0.05) is 13.3 Å². The highest BCUT2D eigenvalue weighted by atomic mass is 16.3. The molecule has 0 bridgehead atoms. The normalized spacial score (nSPS) is 18.9. The molecule has 1 fully saturated rings. The molecule has 134 valence electrons. The topological polar surface area (TPSA) is 87.5 Å². The van der Waals surface area contributed by atoms with Crippen LogP contribution in [0.3, 0.4) is 0 Å². The fraction of sp³-hybridized carbons (Fsp3) is 0.500. The number of imidazole rings is 1. The summed E-state index contributed by atoms with van der Waals surface area (Å²) in [6.45, 7) is 6.28. The van der Waals surface area contributed by atoms with Gasteiger partial charge in [0.1, 0.15) is 6.04 Å². The average molecular weight is 344 g/mol. The molecule has 0 spiro atoms. The Balaban J connectivity index is 1.71. The molecule has 1 aromatic heterocycles. The zero-order chi connectivity index (χ0) is 18.1. The van der Waals surface area contributed by atoms with Crippen LogP contribution in [-0.4, -0.2) is 50.2 Å². The minimum atomic E-state index is -0.853. The summed E-state index contributed by atoms with van der Waals surface area (Å²) in [5, 5.41) is 13.1. The van der Waals surface area contributed by atoms with Crippen molar-refractivity contribution in [2.45, 2.75) is 52.3 Å². The monoisotopic (exact) mass is 344 g/mol. The predicted octanol–water partition coefficient (Wildman–Crippen LogP) is 1.73. The quantitative estimate of drug-likeness (QED) is 0.781. The van der Waals surface area contributed by atoms with E-state index in [9.17, 15) is 14.7 Å². The smallest absolute Gasteiger partial charge is 0.324 e. The molecule has 2 atom stereocenters. The van der Waals surface area contributed by atoms with E-state index in [4.69, 9.17) is 0 Å². The minimum absolute atomic E-state index is 0.0185. The van der Waals surface area contributed by atoms with Gasteiger partial charge in [-0.15, -0.1) is 0 Å². The van der Waals surface area contributed by atoms with Crippen LogP contribution in [0.2, 0.25) is 0 Å². The second-order valence-electron chi connectivity index (χ2n) is 6.72. The second-order valence-corrected chi connectivity index (χ2v) is 6.72. The van der Waals surface area contributed by atoms with Gasteiger partial charge < -0.3 is 15.0 Å². The number of aryl methyl sites for hydroxylation is 2.